The van der Waals surface area contributed by atoms with Gasteiger partial charge in [-0.2, -0.15) is 0 Å². The van der Waals surface area contributed by atoms with Crippen LogP contribution in [0.4, 0.5) is 0 Å². The van der Waals surface area contributed by atoms with Crippen molar-refractivity contribution < 1.29 is 19.8 Å². The molecule has 3 aliphatic carbocycles. The van der Waals surface area contributed by atoms with Crippen LogP contribution >= 0.6 is 0 Å². The number of rotatable bonds is 4. The Bertz CT molecular complexity index is 1220. The van der Waals surface area contributed by atoms with Gasteiger partial charge >= 0.3 is 0 Å². The van der Waals surface area contributed by atoms with E-state index in [0.717, 1.165) is 48.7 Å². The highest BCUT2D eigenvalue weighted by Gasteiger charge is 2.72. The molecule has 2 aromatic carbocycles. The Labute approximate surface area is 200 Å². The maximum Gasteiger partial charge on any atom is 0.166 e. The third-order valence-electron chi connectivity index (χ3n) is 9.33. The van der Waals surface area contributed by atoms with E-state index in [0.29, 0.717) is 24.3 Å². The number of ether oxygens (including phenoxy) is 1. The third-order valence-corrected chi connectivity index (χ3v) is 9.33. The monoisotopic (exact) mass is 460 g/mol. The van der Waals surface area contributed by atoms with E-state index in [4.69, 9.17) is 9.57 Å². The highest BCUT2D eigenvalue weighted by atomic mass is 16.6. The highest BCUT2D eigenvalue weighted by molar-refractivity contribution is 5.94. The summed E-state index contributed by atoms with van der Waals surface area (Å²) in [5, 5.41) is 27.8. The van der Waals surface area contributed by atoms with Crippen molar-refractivity contribution in [1.82, 2.24) is 4.90 Å². The van der Waals surface area contributed by atoms with Crippen molar-refractivity contribution in [3.8, 4) is 17.2 Å². The Morgan fingerprint density at radius 1 is 1.15 bits per heavy atom. The van der Waals surface area contributed by atoms with Gasteiger partial charge in [0, 0.05) is 18.2 Å². The van der Waals surface area contributed by atoms with Gasteiger partial charge in [-0.05, 0) is 99.7 Å². The molecule has 34 heavy (non-hydrogen) atoms. The summed E-state index contributed by atoms with van der Waals surface area (Å²) >= 11 is 0. The summed E-state index contributed by atoms with van der Waals surface area (Å²) in [6.45, 7) is 6.15. The molecule has 178 valence electrons. The quantitative estimate of drug-likeness (QED) is 0.675. The zero-order valence-electron chi connectivity index (χ0n) is 19.9. The molecule has 1 saturated heterocycles. The first-order chi connectivity index (χ1) is 16.4. The minimum absolute atomic E-state index is 0.0677. The van der Waals surface area contributed by atoms with Gasteiger partial charge in [0.15, 0.2) is 23.4 Å². The van der Waals surface area contributed by atoms with Crippen LogP contribution in [-0.2, 0) is 11.8 Å². The molecule has 2 saturated carbocycles. The SMILES string of the molecule is Cc1ccc(ON=C2CCC3(O)[C@H]4Cc5ccc(O)c6c5[C@@]3(CCN4CC3CC3)[C@H]2O6)cc1C. The molecule has 1 spiro atoms. The van der Waals surface area contributed by atoms with E-state index in [1.54, 1.807) is 6.07 Å². The van der Waals surface area contributed by atoms with E-state index in [2.05, 4.69) is 23.9 Å². The van der Waals surface area contributed by atoms with Gasteiger partial charge in [0.25, 0.3) is 0 Å². The number of hydrogen-bond donors (Lipinski definition) is 2. The first kappa shape index (κ1) is 20.8. The summed E-state index contributed by atoms with van der Waals surface area (Å²) in [7, 11) is 0. The second kappa shape index (κ2) is 6.98. The van der Waals surface area contributed by atoms with Crippen LogP contribution in [-0.4, -0.2) is 51.7 Å². The molecule has 6 heteroatoms. The van der Waals surface area contributed by atoms with E-state index in [1.807, 2.05) is 24.3 Å². The lowest BCUT2D eigenvalue weighted by molar-refractivity contribution is -0.167. The first-order valence-electron chi connectivity index (χ1n) is 12.7. The second-order valence-electron chi connectivity index (χ2n) is 11.2. The lowest BCUT2D eigenvalue weighted by Crippen LogP contribution is -2.76. The van der Waals surface area contributed by atoms with E-state index >= 15 is 0 Å². The lowest BCUT2D eigenvalue weighted by atomic mass is 9.49. The Morgan fingerprint density at radius 2 is 2.00 bits per heavy atom. The Hall–Kier alpha value is -2.57. The number of aryl methyl sites for hydroxylation is 2. The molecule has 5 aliphatic rings. The first-order valence-corrected chi connectivity index (χ1v) is 12.7. The van der Waals surface area contributed by atoms with Crippen LogP contribution in [0.3, 0.4) is 0 Å². The maximum absolute atomic E-state index is 12.5. The van der Waals surface area contributed by atoms with Crippen molar-refractivity contribution >= 4 is 5.71 Å². The highest BCUT2D eigenvalue weighted by Crippen LogP contribution is 2.65. The number of piperidine rings is 1. The normalized spacial score (nSPS) is 34.6. The number of benzene rings is 2. The molecule has 2 N–H and O–H groups in total. The summed E-state index contributed by atoms with van der Waals surface area (Å²) in [6.07, 6.45) is 5.03. The topological polar surface area (TPSA) is 74.5 Å². The van der Waals surface area contributed by atoms with Crippen molar-refractivity contribution in [3.63, 3.8) is 0 Å². The van der Waals surface area contributed by atoms with Gasteiger partial charge in [-0.25, -0.2) is 0 Å². The number of oxime groups is 1. The van der Waals surface area contributed by atoms with Crippen LogP contribution in [0.15, 0.2) is 35.5 Å². The Balaban J connectivity index is 1.31. The molecular formula is C28H32N2O4. The molecule has 2 aromatic rings. The van der Waals surface area contributed by atoms with Crippen LogP contribution < -0.4 is 9.57 Å². The predicted octanol–water partition coefficient (Wildman–Crippen LogP) is 4.01. The number of hydrogen-bond acceptors (Lipinski definition) is 6. The molecule has 0 aromatic heterocycles. The fourth-order valence-electron chi connectivity index (χ4n) is 7.26. The van der Waals surface area contributed by atoms with Crippen molar-refractivity contribution in [2.75, 3.05) is 13.1 Å². The van der Waals surface area contributed by atoms with Gasteiger partial charge in [-0.1, -0.05) is 17.3 Å². The zero-order valence-corrected chi connectivity index (χ0v) is 19.9. The Morgan fingerprint density at radius 3 is 2.79 bits per heavy atom. The fourth-order valence-corrected chi connectivity index (χ4v) is 7.26. The lowest BCUT2D eigenvalue weighted by Gasteiger charge is -2.63. The third kappa shape index (κ3) is 2.67. The van der Waals surface area contributed by atoms with Crippen molar-refractivity contribution in [3.05, 3.63) is 52.6 Å². The van der Waals surface area contributed by atoms with Crippen LogP contribution in [0.2, 0.25) is 0 Å². The summed E-state index contributed by atoms with van der Waals surface area (Å²) in [5.41, 5.74) is 3.90. The van der Waals surface area contributed by atoms with E-state index in [1.165, 1.54) is 24.0 Å². The fraction of sp³-hybridized carbons (Fsp3) is 0.536. The van der Waals surface area contributed by atoms with E-state index in [9.17, 15) is 10.2 Å². The predicted molar refractivity (Wildman–Crippen MR) is 129 cm³/mol. The Kier molecular flexibility index (Phi) is 4.27. The molecule has 2 heterocycles. The van der Waals surface area contributed by atoms with Crippen molar-refractivity contribution in [1.29, 1.82) is 0 Å². The standard InChI is InChI=1S/C28H32N2O4/c1-16-3-7-20(13-17(16)2)34-29-21-9-10-28(32)23-14-19-6-8-22(31)25-24(19)27(28,26(21)33-25)11-12-30(23)15-18-4-5-18/h3,6-8,13,18,23,26,31-32H,4-5,9-12,14-15H2,1-2H3/t23-,26+,27+,28?/m1/s1. The molecular weight excluding hydrogens is 428 g/mol. The summed E-state index contributed by atoms with van der Waals surface area (Å²) in [6, 6.07) is 9.82. The van der Waals surface area contributed by atoms with E-state index in [-0.39, 0.29) is 11.8 Å². The largest absolute Gasteiger partial charge is 0.504 e. The van der Waals surface area contributed by atoms with Gasteiger partial charge in [0.1, 0.15) is 0 Å². The summed E-state index contributed by atoms with van der Waals surface area (Å²) < 4.78 is 6.51. The summed E-state index contributed by atoms with van der Waals surface area (Å²) in [4.78, 5) is 8.45. The molecule has 0 radical (unpaired) electrons. The maximum atomic E-state index is 12.5. The van der Waals surface area contributed by atoms with Gasteiger partial charge in [-0.15, -0.1) is 0 Å². The van der Waals surface area contributed by atoms with Gasteiger partial charge in [0.2, 0.25) is 0 Å². The molecule has 4 atom stereocenters. The van der Waals surface area contributed by atoms with E-state index < -0.39 is 17.1 Å². The molecule has 6 nitrogen and oxygen atoms in total. The summed E-state index contributed by atoms with van der Waals surface area (Å²) in [5.74, 6) is 2.17. The smallest absolute Gasteiger partial charge is 0.166 e. The van der Waals surface area contributed by atoms with Gasteiger partial charge in [0.05, 0.1) is 16.7 Å². The number of nitrogens with zero attached hydrogens (tertiary/aromatic N) is 2. The average Bonchev–Trinajstić information content (AvgIpc) is 3.56. The molecule has 3 fully saturated rings. The zero-order chi connectivity index (χ0) is 23.2. The molecule has 1 unspecified atom stereocenters. The minimum Gasteiger partial charge on any atom is -0.504 e. The molecule has 0 amide bonds. The molecule has 7 rings (SSSR count). The number of phenolic OH excluding ortho intramolecular Hbond substituents is 1. The van der Waals surface area contributed by atoms with Crippen LogP contribution in [0, 0.1) is 19.8 Å². The number of aliphatic hydroxyl groups is 1. The van der Waals surface area contributed by atoms with Gasteiger partial charge in [-0.3, -0.25) is 4.90 Å². The molecule has 2 aliphatic heterocycles. The number of aromatic hydroxyl groups is 1. The van der Waals surface area contributed by atoms with Crippen molar-refractivity contribution in [2.45, 2.75) is 75.5 Å². The van der Waals surface area contributed by atoms with Crippen LogP contribution in [0.5, 0.6) is 17.2 Å². The second-order valence-corrected chi connectivity index (χ2v) is 11.2. The van der Waals surface area contributed by atoms with Crippen molar-refractivity contribution in [2.24, 2.45) is 11.1 Å². The number of phenols is 1. The average molecular weight is 461 g/mol. The van der Waals surface area contributed by atoms with Crippen LogP contribution in [0.25, 0.3) is 0 Å². The molecule has 2 bridgehead atoms. The number of likely N-dealkylation sites (tertiary alicyclic amines) is 1. The minimum atomic E-state index is -0.906. The van der Waals surface area contributed by atoms with Crippen LogP contribution in [0.1, 0.15) is 54.4 Å². The van der Waals surface area contributed by atoms with Gasteiger partial charge < -0.3 is 19.8 Å².